The number of fused-ring (bicyclic) bond motifs is 6. The van der Waals surface area contributed by atoms with Gasteiger partial charge in [0.1, 0.15) is 5.75 Å². The molecule has 14 rings (SSSR count). The highest BCUT2D eigenvalue weighted by Crippen LogP contribution is 2.58. The second-order valence-electron chi connectivity index (χ2n) is 38.2. The molecule has 3 unspecified atom stereocenters. The lowest BCUT2D eigenvalue weighted by molar-refractivity contribution is 0.399. The number of halogens is 1. The Kier molecular flexibility index (Phi) is 19.8. The number of hydrogen-bond donors (Lipinski definition) is 0. The third kappa shape index (κ3) is 14.1. The fourth-order valence-electron chi connectivity index (χ4n) is 19.3. The SMILES string of the molecule is CC1=Cc2c(cc(C(C)(C)C)c(C)c2-c2ccc(C(C)(C)C)cc2)C1[Si](C)(C)C1C(C)=Cc2c1cc1c(c2-c2ccc(C(C)(C)C)cc2)CCC1.CC1=Cc2c(cc3c(c2-c2ccc(C(C)(C)C)cc2)CCC3)C1[Si](C)(C)Cl.COc1c(C(C)(C)C)cc2c(c1-c1cc(C)cc(C)c1)CC(C)=C2. The van der Waals surface area contributed by atoms with Gasteiger partial charge in [-0.3, -0.25) is 0 Å². The number of methoxy groups -OCH3 is 1. The molecule has 0 aliphatic heterocycles. The average molecular weight is 1410 g/mol. The Bertz CT molecular complexity index is 4740. The fraction of sp³-hybridized carbons (Fsp3) is 0.429. The predicted molar refractivity (Wildman–Crippen MR) is 453 cm³/mol. The molecule has 6 aliphatic carbocycles. The zero-order valence-electron chi connectivity index (χ0n) is 67.7. The van der Waals surface area contributed by atoms with Crippen molar-refractivity contribution in [3.63, 3.8) is 0 Å². The molecule has 0 N–H and O–H groups in total. The minimum atomic E-state index is -2.05. The number of allylic oxidation sites excluding steroid dienone is 4. The molecule has 102 heavy (non-hydrogen) atoms. The summed E-state index contributed by atoms with van der Waals surface area (Å²) in [5.41, 5.74) is 48.3. The molecule has 4 heteroatoms. The molecule has 1 nitrogen and oxygen atoms in total. The third-order valence-corrected chi connectivity index (χ3v) is 31.2. The van der Waals surface area contributed by atoms with Crippen LogP contribution in [-0.2, 0) is 59.2 Å². The van der Waals surface area contributed by atoms with Gasteiger partial charge < -0.3 is 4.74 Å². The molecule has 8 aromatic carbocycles. The molecule has 3 atom stereocenters. The minimum Gasteiger partial charge on any atom is -0.496 e. The summed E-state index contributed by atoms with van der Waals surface area (Å²) in [7, 11) is -2.07. The number of hydrogen-bond acceptors (Lipinski definition) is 1. The van der Waals surface area contributed by atoms with Crippen LogP contribution in [0.15, 0.2) is 138 Å². The number of aryl methyl sites for hydroxylation is 4. The molecule has 6 aliphatic rings. The van der Waals surface area contributed by atoms with Crippen LogP contribution in [0.2, 0.25) is 26.2 Å². The van der Waals surface area contributed by atoms with Crippen molar-refractivity contribution in [1.29, 1.82) is 0 Å². The summed E-state index contributed by atoms with van der Waals surface area (Å²) in [4.78, 5) is 0. The average Bonchev–Trinajstić information content (AvgIpc) is 1.55. The van der Waals surface area contributed by atoms with Gasteiger partial charge in [-0.05, 0) is 260 Å². The first-order valence-electron chi connectivity index (χ1n) is 38.6. The van der Waals surface area contributed by atoms with Crippen molar-refractivity contribution in [2.45, 2.75) is 267 Å². The number of ether oxygens (including phenoxy) is 1. The lowest BCUT2D eigenvalue weighted by Crippen LogP contribution is -2.42. The second kappa shape index (κ2) is 27.0. The van der Waals surface area contributed by atoms with Crippen LogP contribution in [0.5, 0.6) is 5.75 Å². The van der Waals surface area contributed by atoms with E-state index in [0.29, 0.717) is 16.6 Å². The van der Waals surface area contributed by atoms with Crippen LogP contribution >= 0.6 is 11.1 Å². The Hall–Kier alpha value is -6.76. The molecule has 0 saturated heterocycles. The Morgan fingerprint density at radius 1 is 0.382 bits per heavy atom. The molecule has 0 bridgehead atoms. The molecule has 0 spiro atoms. The van der Waals surface area contributed by atoms with E-state index in [1.54, 1.807) is 51.6 Å². The Labute approximate surface area is 624 Å². The van der Waals surface area contributed by atoms with Crippen molar-refractivity contribution in [3.05, 3.63) is 249 Å². The highest BCUT2D eigenvalue weighted by molar-refractivity contribution is 7.20. The molecular formula is C98H121ClOSi2. The molecule has 0 fully saturated rings. The van der Waals surface area contributed by atoms with Crippen LogP contribution in [0.4, 0.5) is 0 Å². The van der Waals surface area contributed by atoms with Gasteiger partial charge in [-0.15, -0.1) is 0 Å². The molecule has 0 saturated carbocycles. The predicted octanol–water partition coefficient (Wildman–Crippen LogP) is 28.1. The quantitative estimate of drug-likeness (QED) is 0.109. The maximum atomic E-state index is 6.98. The van der Waals surface area contributed by atoms with E-state index in [1.807, 2.05) is 0 Å². The number of rotatable bonds is 8. The molecule has 0 amide bonds. The Balaban J connectivity index is 0.000000161. The highest BCUT2D eigenvalue weighted by Gasteiger charge is 2.49. The topological polar surface area (TPSA) is 9.23 Å². The highest BCUT2D eigenvalue weighted by atomic mass is 35.6. The molecular weight excluding hydrogens is 1280 g/mol. The Morgan fingerprint density at radius 3 is 1.16 bits per heavy atom. The first-order valence-corrected chi connectivity index (χ1v) is 45.8. The van der Waals surface area contributed by atoms with Crippen molar-refractivity contribution in [1.82, 2.24) is 0 Å². The minimum absolute atomic E-state index is 0.0400. The van der Waals surface area contributed by atoms with Crippen molar-refractivity contribution in [3.8, 4) is 50.3 Å². The van der Waals surface area contributed by atoms with E-state index in [-0.39, 0.29) is 27.1 Å². The van der Waals surface area contributed by atoms with Crippen LogP contribution in [0.1, 0.15) is 272 Å². The van der Waals surface area contributed by atoms with Gasteiger partial charge in [-0.2, -0.15) is 11.1 Å². The summed E-state index contributed by atoms with van der Waals surface area (Å²) in [6, 6.07) is 45.4. The monoisotopic (exact) mass is 1400 g/mol. The van der Waals surface area contributed by atoms with Crippen molar-refractivity contribution < 1.29 is 4.74 Å². The van der Waals surface area contributed by atoms with Crippen LogP contribution < -0.4 is 4.74 Å². The van der Waals surface area contributed by atoms with Crippen LogP contribution in [0.3, 0.4) is 0 Å². The van der Waals surface area contributed by atoms with Gasteiger partial charge in [0.15, 0.2) is 7.38 Å². The standard InChI is InChI=1S/C50H62Si.C25H31ClSi.C23H28O/c1-30-26-39-42(29-43(50(10,11)12)32(3)44(39)33-18-22-36(23-19-33)48(4,5)6)47(30)51(13,14)46-31(2)27-40-41(46)28-35-16-15-17-38(35)45(40)34-20-24-37(25-21-34)49(7,8)9;1-16-14-21-22(24(16)27(5,6)26)15-18-8-7-9-20(18)23(21)17-10-12-19(13-11-17)25(2,3)4;1-14-8-15(2)11-18(10-14)21-19-12-16(3)9-17(19)13-20(22(21)24-7)23(4,5)6/h18-29,46-47H,15-17H2,1-14H3;10-15,24H,7-9H2,1-6H3;8-11,13H,12H2,1-7H3. The van der Waals surface area contributed by atoms with E-state index >= 15 is 0 Å². The summed E-state index contributed by atoms with van der Waals surface area (Å²) in [6.07, 6.45) is 18.3. The third-order valence-electron chi connectivity index (χ3n) is 23.9. The Morgan fingerprint density at radius 2 is 0.765 bits per heavy atom. The molecule has 0 heterocycles. The van der Waals surface area contributed by atoms with Crippen LogP contribution in [-0.4, -0.2) is 22.6 Å². The summed E-state index contributed by atoms with van der Waals surface area (Å²) < 4.78 is 5.97. The summed E-state index contributed by atoms with van der Waals surface area (Å²) in [5.74, 6) is 1.04. The van der Waals surface area contributed by atoms with Crippen LogP contribution in [0, 0.1) is 20.8 Å². The summed E-state index contributed by atoms with van der Waals surface area (Å²) >= 11 is 6.98. The van der Waals surface area contributed by atoms with E-state index in [4.69, 9.17) is 15.8 Å². The van der Waals surface area contributed by atoms with E-state index in [9.17, 15) is 0 Å². The number of benzene rings is 8. The molecule has 534 valence electrons. The van der Waals surface area contributed by atoms with Crippen LogP contribution in [0.25, 0.3) is 68.8 Å². The van der Waals surface area contributed by atoms with E-state index in [2.05, 4.69) is 318 Å². The molecule has 0 radical (unpaired) electrons. The first kappa shape index (κ1) is 74.9. The van der Waals surface area contributed by atoms with Gasteiger partial charge in [0, 0.05) is 27.8 Å². The van der Waals surface area contributed by atoms with Gasteiger partial charge in [0.05, 0.1) is 15.2 Å². The summed E-state index contributed by atoms with van der Waals surface area (Å²) in [5, 5.41) is 0. The second-order valence-corrected chi connectivity index (χ2v) is 49.6. The van der Waals surface area contributed by atoms with Crippen molar-refractivity contribution in [2.75, 3.05) is 7.11 Å². The van der Waals surface area contributed by atoms with Gasteiger partial charge in [-0.1, -0.05) is 297 Å². The zero-order valence-corrected chi connectivity index (χ0v) is 70.5. The van der Waals surface area contributed by atoms with Gasteiger partial charge in [0.2, 0.25) is 0 Å². The van der Waals surface area contributed by atoms with Crippen molar-refractivity contribution >= 4 is 50.8 Å². The zero-order chi connectivity index (χ0) is 74.2. The largest absolute Gasteiger partial charge is 0.496 e. The van der Waals surface area contributed by atoms with E-state index < -0.39 is 15.5 Å². The summed E-state index contributed by atoms with van der Waals surface area (Å²) in [6.45, 7) is 60.8. The smallest absolute Gasteiger partial charge is 0.161 e. The van der Waals surface area contributed by atoms with E-state index in [0.717, 1.165) is 12.2 Å². The van der Waals surface area contributed by atoms with E-state index in [1.165, 1.54) is 172 Å². The lowest BCUT2D eigenvalue weighted by Gasteiger charge is -2.40. The fourth-order valence-corrected chi connectivity index (χ4v) is 27.3. The lowest BCUT2D eigenvalue weighted by atomic mass is 9.78. The van der Waals surface area contributed by atoms with Gasteiger partial charge in [0.25, 0.3) is 0 Å². The molecule has 0 aromatic heterocycles. The van der Waals surface area contributed by atoms with Gasteiger partial charge >= 0.3 is 0 Å². The first-order chi connectivity index (χ1) is 47.5. The van der Waals surface area contributed by atoms with Crippen molar-refractivity contribution in [2.24, 2.45) is 0 Å². The maximum absolute atomic E-state index is 6.98. The van der Waals surface area contributed by atoms with Gasteiger partial charge in [-0.25, -0.2) is 0 Å². The molecule has 8 aromatic rings. The maximum Gasteiger partial charge on any atom is 0.161 e. The normalized spacial score (nSPS) is 17.7.